The number of rotatable bonds is 5. The molecule has 2 amide bonds. The second-order valence-electron chi connectivity index (χ2n) is 7.09. The molecule has 1 aromatic carbocycles. The van der Waals surface area contributed by atoms with Gasteiger partial charge in [-0.3, -0.25) is 9.59 Å². The SMILES string of the molecule is Cc1ccc(S(=O)(=O)N2CCCN(C(=O)CN(C)C(=O)c3ccco3)CC2)cc1. The molecule has 0 saturated carbocycles. The monoisotopic (exact) mass is 419 g/mol. The van der Waals surface area contributed by atoms with Crippen molar-refractivity contribution in [2.45, 2.75) is 18.2 Å². The highest BCUT2D eigenvalue weighted by molar-refractivity contribution is 7.89. The average molecular weight is 420 g/mol. The summed E-state index contributed by atoms with van der Waals surface area (Å²) in [5, 5.41) is 0. The third kappa shape index (κ3) is 4.86. The highest BCUT2D eigenvalue weighted by Gasteiger charge is 2.29. The van der Waals surface area contributed by atoms with Gasteiger partial charge in [-0.15, -0.1) is 0 Å². The summed E-state index contributed by atoms with van der Waals surface area (Å²) in [5.41, 5.74) is 0.991. The fourth-order valence-corrected chi connectivity index (χ4v) is 4.68. The van der Waals surface area contributed by atoms with E-state index in [1.165, 1.54) is 22.5 Å². The summed E-state index contributed by atoms with van der Waals surface area (Å²) in [6, 6.07) is 9.91. The maximum absolute atomic E-state index is 12.9. The fraction of sp³-hybridized carbons (Fsp3) is 0.400. The van der Waals surface area contributed by atoms with E-state index in [0.717, 1.165) is 5.56 Å². The van der Waals surface area contributed by atoms with Crippen LogP contribution in [0.5, 0.6) is 0 Å². The standard InChI is InChI=1S/C20H25N3O5S/c1-16-6-8-17(9-7-16)29(26,27)23-11-4-10-22(12-13-23)19(24)15-21(2)20(25)18-5-3-14-28-18/h3,5-9,14H,4,10-13,15H2,1-2H3. The van der Waals surface area contributed by atoms with Gasteiger partial charge in [0.2, 0.25) is 15.9 Å². The van der Waals surface area contributed by atoms with E-state index < -0.39 is 10.0 Å². The van der Waals surface area contributed by atoms with Crippen molar-refractivity contribution < 1.29 is 22.4 Å². The van der Waals surface area contributed by atoms with Gasteiger partial charge in [0.05, 0.1) is 17.7 Å². The number of benzene rings is 1. The maximum atomic E-state index is 12.9. The molecule has 156 valence electrons. The van der Waals surface area contributed by atoms with Crippen molar-refractivity contribution in [3.8, 4) is 0 Å². The van der Waals surface area contributed by atoms with Crippen molar-refractivity contribution in [2.75, 3.05) is 39.8 Å². The topological polar surface area (TPSA) is 91.1 Å². The van der Waals surface area contributed by atoms with E-state index in [0.29, 0.717) is 19.5 Å². The lowest BCUT2D eigenvalue weighted by Gasteiger charge is -2.24. The normalized spacial score (nSPS) is 15.7. The molecule has 0 spiro atoms. The largest absolute Gasteiger partial charge is 0.459 e. The average Bonchev–Trinajstić information content (AvgIpc) is 3.11. The van der Waals surface area contributed by atoms with Crippen LogP contribution < -0.4 is 0 Å². The Bertz CT molecular complexity index is 955. The molecular weight excluding hydrogens is 394 g/mol. The zero-order valence-corrected chi connectivity index (χ0v) is 17.4. The van der Waals surface area contributed by atoms with Crippen LogP contribution in [-0.2, 0) is 14.8 Å². The molecule has 0 unspecified atom stereocenters. The molecule has 0 aliphatic carbocycles. The van der Waals surface area contributed by atoms with Gasteiger partial charge in [0.25, 0.3) is 5.91 Å². The number of hydrogen-bond acceptors (Lipinski definition) is 5. The second kappa shape index (κ2) is 8.79. The zero-order chi connectivity index (χ0) is 21.0. The summed E-state index contributed by atoms with van der Waals surface area (Å²) in [6.07, 6.45) is 1.94. The number of sulfonamides is 1. The van der Waals surface area contributed by atoms with Crippen molar-refractivity contribution in [1.82, 2.24) is 14.1 Å². The number of likely N-dealkylation sites (N-methyl/N-ethyl adjacent to an activating group) is 1. The van der Waals surface area contributed by atoms with Crippen molar-refractivity contribution >= 4 is 21.8 Å². The third-order valence-corrected chi connectivity index (χ3v) is 6.83. The molecule has 1 fully saturated rings. The fourth-order valence-electron chi connectivity index (χ4n) is 3.21. The molecular formula is C20H25N3O5S. The molecule has 0 bridgehead atoms. The molecule has 1 aliphatic heterocycles. The Labute approximate surface area is 170 Å². The first-order chi connectivity index (χ1) is 13.8. The number of aryl methyl sites for hydroxylation is 1. The highest BCUT2D eigenvalue weighted by Crippen LogP contribution is 2.18. The van der Waals surface area contributed by atoms with Crippen LogP contribution in [0.4, 0.5) is 0 Å². The maximum Gasteiger partial charge on any atom is 0.289 e. The van der Waals surface area contributed by atoms with Gasteiger partial charge >= 0.3 is 0 Å². The number of carbonyl (C=O) groups is 2. The Morgan fingerprint density at radius 2 is 1.79 bits per heavy atom. The van der Waals surface area contributed by atoms with Crippen LogP contribution in [0.3, 0.4) is 0 Å². The molecule has 3 rings (SSSR count). The Hall–Kier alpha value is -2.65. The Balaban J connectivity index is 1.61. The first-order valence-corrected chi connectivity index (χ1v) is 10.9. The Morgan fingerprint density at radius 3 is 2.45 bits per heavy atom. The predicted molar refractivity (Wildman–Crippen MR) is 107 cm³/mol. The molecule has 0 atom stereocenters. The van der Waals surface area contributed by atoms with Crippen LogP contribution in [0.1, 0.15) is 22.5 Å². The first kappa shape index (κ1) is 21.1. The van der Waals surface area contributed by atoms with E-state index in [-0.39, 0.29) is 42.1 Å². The van der Waals surface area contributed by atoms with E-state index in [9.17, 15) is 18.0 Å². The number of furan rings is 1. The van der Waals surface area contributed by atoms with E-state index >= 15 is 0 Å². The van der Waals surface area contributed by atoms with Crippen LogP contribution >= 0.6 is 0 Å². The molecule has 2 aromatic rings. The number of nitrogens with zero attached hydrogens (tertiary/aromatic N) is 3. The van der Waals surface area contributed by atoms with Gasteiger partial charge in [-0.2, -0.15) is 4.31 Å². The quantitative estimate of drug-likeness (QED) is 0.734. The van der Waals surface area contributed by atoms with E-state index in [4.69, 9.17) is 4.42 Å². The van der Waals surface area contributed by atoms with E-state index in [2.05, 4.69) is 0 Å². The second-order valence-corrected chi connectivity index (χ2v) is 9.03. The van der Waals surface area contributed by atoms with Crippen LogP contribution in [0.25, 0.3) is 0 Å². The molecule has 0 radical (unpaired) electrons. The Kier molecular flexibility index (Phi) is 6.39. The first-order valence-electron chi connectivity index (χ1n) is 9.42. The summed E-state index contributed by atoms with van der Waals surface area (Å²) >= 11 is 0. The molecule has 1 aliphatic rings. The highest BCUT2D eigenvalue weighted by atomic mass is 32.2. The lowest BCUT2D eigenvalue weighted by atomic mass is 10.2. The van der Waals surface area contributed by atoms with E-state index in [1.54, 1.807) is 41.3 Å². The minimum atomic E-state index is -3.60. The summed E-state index contributed by atoms with van der Waals surface area (Å²) in [7, 11) is -2.06. The van der Waals surface area contributed by atoms with Gasteiger partial charge < -0.3 is 14.2 Å². The number of hydrogen-bond donors (Lipinski definition) is 0. The van der Waals surface area contributed by atoms with Gasteiger partial charge in [-0.1, -0.05) is 17.7 Å². The van der Waals surface area contributed by atoms with Crippen LogP contribution in [0, 0.1) is 6.92 Å². The van der Waals surface area contributed by atoms with Crippen molar-refractivity contribution in [3.63, 3.8) is 0 Å². The molecule has 1 aromatic heterocycles. The summed E-state index contributed by atoms with van der Waals surface area (Å²) in [6.45, 7) is 3.11. The van der Waals surface area contributed by atoms with Gasteiger partial charge in [0.15, 0.2) is 5.76 Å². The summed E-state index contributed by atoms with van der Waals surface area (Å²) < 4.78 is 32.3. The van der Waals surface area contributed by atoms with Gasteiger partial charge in [0, 0.05) is 33.2 Å². The molecule has 9 heteroatoms. The van der Waals surface area contributed by atoms with Gasteiger partial charge in [0.1, 0.15) is 0 Å². The summed E-state index contributed by atoms with van der Waals surface area (Å²) in [4.78, 5) is 28.0. The van der Waals surface area contributed by atoms with Crippen molar-refractivity contribution in [3.05, 3.63) is 54.0 Å². The molecule has 29 heavy (non-hydrogen) atoms. The van der Waals surface area contributed by atoms with E-state index in [1.807, 2.05) is 6.92 Å². The summed E-state index contributed by atoms with van der Waals surface area (Å²) in [5.74, 6) is -0.421. The van der Waals surface area contributed by atoms with Gasteiger partial charge in [-0.05, 0) is 37.6 Å². The molecule has 8 nitrogen and oxygen atoms in total. The lowest BCUT2D eigenvalue weighted by Crippen LogP contribution is -2.43. The predicted octanol–water partition coefficient (Wildman–Crippen LogP) is 1.58. The van der Waals surface area contributed by atoms with Crippen LogP contribution in [-0.4, -0.2) is 74.1 Å². The number of amides is 2. The van der Waals surface area contributed by atoms with Crippen molar-refractivity contribution in [2.24, 2.45) is 0 Å². The van der Waals surface area contributed by atoms with Gasteiger partial charge in [-0.25, -0.2) is 8.42 Å². The number of carbonyl (C=O) groups excluding carboxylic acids is 2. The Morgan fingerprint density at radius 1 is 1.07 bits per heavy atom. The van der Waals surface area contributed by atoms with Crippen LogP contribution in [0.2, 0.25) is 0 Å². The lowest BCUT2D eigenvalue weighted by molar-refractivity contribution is -0.131. The minimum Gasteiger partial charge on any atom is -0.459 e. The zero-order valence-electron chi connectivity index (χ0n) is 16.6. The third-order valence-electron chi connectivity index (χ3n) is 4.92. The molecule has 0 N–H and O–H groups in total. The van der Waals surface area contributed by atoms with Crippen molar-refractivity contribution in [1.29, 1.82) is 0 Å². The smallest absolute Gasteiger partial charge is 0.289 e. The van der Waals surface area contributed by atoms with Crippen LogP contribution in [0.15, 0.2) is 52.0 Å². The molecule has 2 heterocycles. The minimum absolute atomic E-state index is 0.0930. The molecule has 1 saturated heterocycles.